The highest BCUT2D eigenvalue weighted by molar-refractivity contribution is 14.0. The number of aliphatic imine (C=N–C) groups is 1. The molecule has 9 nitrogen and oxygen atoms in total. The Morgan fingerprint density at radius 2 is 2.06 bits per heavy atom. The van der Waals surface area contributed by atoms with Crippen LogP contribution >= 0.6 is 24.0 Å². The molecule has 1 aliphatic heterocycles. The van der Waals surface area contributed by atoms with Crippen LogP contribution in [0.15, 0.2) is 41.7 Å². The van der Waals surface area contributed by atoms with E-state index in [2.05, 4.69) is 20.7 Å². The monoisotopic (exact) mass is 539 g/mol. The van der Waals surface area contributed by atoms with Gasteiger partial charge in [-0.15, -0.1) is 24.0 Å². The number of rotatable bonds is 6. The summed E-state index contributed by atoms with van der Waals surface area (Å²) in [6, 6.07) is 7.51. The summed E-state index contributed by atoms with van der Waals surface area (Å²) in [5.74, 6) is 0.599. The predicted molar refractivity (Wildman–Crippen MR) is 132 cm³/mol. The lowest BCUT2D eigenvalue weighted by molar-refractivity contribution is -0.120. The van der Waals surface area contributed by atoms with Gasteiger partial charge in [-0.1, -0.05) is 19.1 Å². The van der Waals surface area contributed by atoms with Crippen molar-refractivity contribution >= 4 is 47.4 Å². The second-order valence-electron chi connectivity index (χ2n) is 7.20. The number of hydrogen-bond donors (Lipinski definition) is 2. The van der Waals surface area contributed by atoms with Gasteiger partial charge in [0.25, 0.3) is 5.91 Å². The van der Waals surface area contributed by atoms with Gasteiger partial charge >= 0.3 is 0 Å². The molecule has 3 rings (SSSR count). The van der Waals surface area contributed by atoms with E-state index >= 15 is 0 Å². The van der Waals surface area contributed by atoms with Crippen LogP contribution in [0.2, 0.25) is 0 Å². The summed E-state index contributed by atoms with van der Waals surface area (Å²) < 4.78 is 1.69. The average molecular weight is 539 g/mol. The van der Waals surface area contributed by atoms with Gasteiger partial charge in [-0.3, -0.25) is 19.3 Å². The van der Waals surface area contributed by atoms with Gasteiger partial charge in [0.2, 0.25) is 5.91 Å². The van der Waals surface area contributed by atoms with E-state index < -0.39 is 0 Å². The molecule has 10 heteroatoms. The molecule has 1 saturated heterocycles. The first-order chi connectivity index (χ1) is 14.5. The third kappa shape index (κ3) is 6.42. The third-order valence-corrected chi connectivity index (χ3v) is 4.91. The zero-order valence-corrected chi connectivity index (χ0v) is 20.5. The summed E-state index contributed by atoms with van der Waals surface area (Å²) in [6.45, 7) is 4.67. The molecule has 0 radical (unpaired) electrons. The van der Waals surface area contributed by atoms with Gasteiger partial charge in [0, 0.05) is 52.0 Å². The lowest BCUT2D eigenvalue weighted by atomic mass is 10.1. The van der Waals surface area contributed by atoms with Gasteiger partial charge in [-0.05, 0) is 24.1 Å². The van der Waals surface area contributed by atoms with Crippen molar-refractivity contribution in [2.24, 2.45) is 12.0 Å². The Hall–Kier alpha value is -2.63. The van der Waals surface area contributed by atoms with Gasteiger partial charge < -0.3 is 20.4 Å². The summed E-state index contributed by atoms with van der Waals surface area (Å²) in [4.78, 5) is 32.8. The normalized spacial score (nSPS) is 14.3. The van der Waals surface area contributed by atoms with Crippen LogP contribution in [-0.4, -0.2) is 65.7 Å². The molecule has 0 atom stereocenters. The number of amides is 2. The number of nitrogens with zero attached hydrogens (tertiary/aromatic N) is 5. The number of piperazine rings is 1. The number of carbonyl (C=O) groups is 2. The van der Waals surface area contributed by atoms with Gasteiger partial charge in [-0.2, -0.15) is 5.10 Å². The second-order valence-corrected chi connectivity index (χ2v) is 7.20. The van der Waals surface area contributed by atoms with Crippen LogP contribution in [-0.2, 0) is 18.4 Å². The van der Waals surface area contributed by atoms with Crippen LogP contribution in [0.1, 0.15) is 29.3 Å². The summed E-state index contributed by atoms with van der Waals surface area (Å²) in [7, 11) is 3.54. The van der Waals surface area contributed by atoms with E-state index in [4.69, 9.17) is 0 Å². The first-order valence-electron chi connectivity index (χ1n) is 10.1. The molecule has 2 amide bonds. The number of nitrogens with one attached hydrogen (secondary N) is 2. The lowest BCUT2D eigenvalue weighted by Crippen LogP contribution is -2.55. The Morgan fingerprint density at radius 1 is 1.26 bits per heavy atom. The first-order valence-corrected chi connectivity index (χ1v) is 10.1. The van der Waals surface area contributed by atoms with Crippen molar-refractivity contribution in [2.75, 3.05) is 38.1 Å². The van der Waals surface area contributed by atoms with Crippen molar-refractivity contribution in [3.63, 3.8) is 0 Å². The first kappa shape index (κ1) is 24.6. The molecule has 2 N–H and O–H groups in total. The van der Waals surface area contributed by atoms with Crippen LogP contribution in [0.5, 0.6) is 0 Å². The molecule has 2 heterocycles. The molecule has 1 aromatic heterocycles. The SMILES string of the molecule is CCCNC(=O)c1cccc(CNC(=NC)N2CCN(c3cnn(C)c3)C(=O)C2)c1.I. The van der Waals surface area contributed by atoms with E-state index in [1.165, 1.54) is 0 Å². The molecular weight excluding hydrogens is 509 g/mol. The van der Waals surface area contributed by atoms with E-state index in [1.807, 2.05) is 43.3 Å². The van der Waals surface area contributed by atoms with Crippen LogP contribution in [0, 0.1) is 0 Å². The van der Waals surface area contributed by atoms with Gasteiger partial charge in [0.1, 0.15) is 6.54 Å². The topological polar surface area (TPSA) is 94.9 Å². The Morgan fingerprint density at radius 3 is 2.71 bits per heavy atom. The van der Waals surface area contributed by atoms with E-state index in [1.54, 1.807) is 28.9 Å². The van der Waals surface area contributed by atoms with Crippen molar-refractivity contribution in [3.05, 3.63) is 47.8 Å². The zero-order valence-electron chi connectivity index (χ0n) is 18.2. The van der Waals surface area contributed by atoms with Gasteiger partial charge in [-0.25, -0.2) is 0 Å². The molecular formula is C21H30IN7O2. The number of aromatic nitrogens is 2. The summed E-state index contributed by atoms with van der Waals surface area (Å²) >= 11 is 0. The number of anilines is 1. The van der Waals surface area contributed by atoms with E-state index in [9.17, 15) is 9.59 Å². The van der Waals surface area contributed by atoms with Crippen LogP contribution in [0.4, 0.5) is 5.69 Å². The molecule has 31 heavy (non-hydrogen) atoms. The molecule has 0 aliphatic carbocycles. The molecule has 1 fully saturated rings. The molecule has 0 unspecified atom stereocenters. The maximum absolute atomic E-state index is 12.6. The molecule has 168 valence electrons. The van der Waals surface area contributed by atoms with Crippen molar-refractivity contribution in [1.82, 2.24) is 25.3 Å². The Balaban J connectivity index is 0.00000341. The summed E-state index contributed by atoms with van der Waals surface area (Å²) in [5.41, 5.74) is 2.42. The average Bonchev–Trinajstić information content (AvgIpc) is 3.18. The van der Waals surface area contributed by atoms with Crippen molar-refractivity contribution in [1.29, 1.82) is 0 Å². The van der Waals surface area contributed by atoms with Crippen molar-refractivity contribution in [2.45, 2.75) is 19.9 Å². The lowest BCUT2D eigenvalue weighted by Gasteiger charge is -2.35. The molecule has 1 aromatic carbocycles. The van der Waals surface area contributed by atoms with Gasteiger partial charge in [0.15, 0.2) is 5.96 Å². The molecule has 0 saturated carbocycles. The number of aryl methyl sites for hydroxylation is 1. The minimum Gasteiger partial charge on any atom is -0.352 e. The highest BCUT2D eigenvalue weighted by atomic mass is 127. The smallest absolute Gasteiger partial charge is 0.251 e. The van der Waals surface area contributed by atoms with Crippen molar-refractivity contribution < 1.29 is 9.59 Å². The number of guanidine groups is 1. The molecule has 2 aromatic rings. The second kappa shape index (κ2) is 11.7. The van der Waals surface area contributed by atoms with Crippen LogP contribution < -0.4 is 15.5 Å². The van der Waals surface area contributed by atoms with E-state index in [0.717, 1.165) is 17.7 Å². The zero-order chi connectivity index (χ0) is 21.5. The summed E-state index contributed by atoms with van der Waals surface area (Å²) in [5, 5.41) is 10.3. The molecule has 0 bridgehead atoms. The number of hydrogen-bond acceptors (Lipinski definition) is 4. The number of halogens is 1. The fraction of sp³-hybridized carbons (Fsp3) is 0.429. The Labute approximate surface area is 199 Å². The highest BCUT2D eigenvalue weighted by Crippen LogP contribution is 2.16. The highest BCUT2D eigenvalue weighted by Gasteiger charge is 2.27. The van der Waals surface area contributed by atoms with Gasteiger partial charge in [0.05, 0.1) is 11.9 Å². The number of benzene rings is 1. The standard InChI is InChI=1S/C21H29N7O2.HI/c1-4-8-23-20(30)17-7-5-6-16(11-17)12-24-21(22-2)27-9-10-28(19(29)15-27)18-13-25-26(3)14-18;/h5-7,11,13-14H,4,8-10,12,15H2,1-3H3,(H,22,24)(H,23,30);1H. The van der Waals surface area contributed by atoms with E-state index in [0.29, 0.717) is 37.7 Å². The Bertz CT molecular complexity index is 928. The predicted octanol–water partition coefficient (Wildman–Crippen LogP) is 1.60. The Kier molecular flexibility index (Phi) is 9.28. The largest absolute Gasteiger partial charge is 0.352 e. The quantitative estimate of drug-likeness (QED) is 0.331. The number of carbonyl (C=O) groups excluding carboxylic acids is 2. The van der Waals surface area contributed by atoms with Crippen LogP contribution in [0.25, 0.3) is 0 Å². The fourth-order valence-electron chi connectivity index (χ4n) is 3.35. The van der Waals surface area contributed by atoms with Crippen LogP contribution in [0.3, 0.4) is 0 Å². The van der Waals surface area contributed by atoms with E-state index in [-0.39, 0.29) is 42.3 Å². The maximum Gasteiger partial charge on any atom is 0.251 e. The molecule has 0 spiro atoms. The molecule has 1 aliphatic rings. The van der Waals surface area contributed by atoms with Crippen molar-refractivity contribution in [3.8, 4) is 0 Å². The minimum atomic E-state index is -0.0693. The fourth-order valence-corrected chi connectivity index (χ4v) is 3.35. The maximum atomic E-state index is 12.6. The third-order valence-electron chi connectivity index (χ3n) is 4.91. The minimum absolute atomic E-state index is 0. The summed E-state index contributed by atoms with van der Waals surface area (Å²) in [6.07, 6.45) is 4.44.